The number of halogens is 2. The molecule has 0 radical (unpaired) electrons. The molecule has 1 heterocycles. The molecule has 0 amide bonds. The van der Waals surface area contributed by atoms with Gasteiger partial charge in [-0.1, -0.05) is 30.3 Å². The van der Waals surface area contributed by atoms with Crippen molar-refractivity contribution in [3.63, 3.8) is 0 Å². The molecule has 0 N–H and O–H groups in total. The van der Waals surface area contributed by atoms with Crippen LogP contribution in [-0.2, 0) is 16.8 Å². The van der Waals surface area contributed by atoms with E-state index in [4.69, 9.17) is 9.47 Å². The van der Waals surface area contributed by atoms with Crippen molar-refractivity contribution in [1.82, 2.24) is 0 Å². The van der Waals surface area contributed by atoms with Gasteiger partial charge >= 0.3 is 0 Å². The predicted molar refractivity (Wildman–Crippen MR) is 92.2 cm³/mol. The van der Waals surface area contributed by atoms with Crippen LogP contribution < -0.4 is 4.74 Å². The Bertz CT molecular complexity index is 752. The molecule has 124 valence electrons. The lowest BCUT2D eigenvalue weighted by atomic mass is 9.75. The molecule has 1 aliphatic heterocycles. The molecule has 0 bridgehead atoms. The van der Waals surface area contributed by atoms with E-state index in [1.54, 1.807) is 6.07 Å². The van der Waals surface area contributed by atoms with E-state index in [9.17, 15) is 9.65 Å². The number of hydrogen-bond donors (Lipinski definition) is 0. The highest BCUT2D eigenvalue weighted by atomic mass is 79.9. The molecule has 0 atom stereocenters. The third-order valence-corrected chi connectivity index (χ3v) is 4.94. The highest BCUT2D eigenvalue weighted by Gasteiger charge is 2.38. The van der Waals surface area contributed by atoms with Crippen molar-refractivity contribution < 1.29 is 13.9 Å². The summed E-state index contributed by atoms with van der Waals surface area (Å²) in [5.41, 5.74) is 0.845. The van der Waals surface area contributed by atoms with Crippen LogP contribution in [-0.4, -0.2) is 13.2 Å². The molecular weight excluding hydrogens is 373 g/mol. The van der Waals surface area contributed by atoms with Crippen molar-refractivity contribution in [2.24, 2.45) is 0 Å². The summed E-state index contributed by atoms with van der Waals surface area (Å²) in [4.78, 5) is 0. The van der Waals surface area contributed by atoms with E-state index in [1.807, 2.05) is 30.3 Å². The Morgan fingerprint density at radius 2 is 1.92 bits per heavy atom. The highest BCUT2D eigenvalue weighted by molar-refractivity contribution is 9.10. The topological polar surface area (TPSA) is 42.2 Å². The van der Waals surface area contributed by atoms with E-state index in [0.717, 1.165) is 5.56 Å². The summed E-state index contributed by atoms with van der Waals surface area (Å²) in [5, 5.41) is 9.77. The largest absolute Gasteiger partial charge is 0.489 e. The summed E-state index contributed by atoms with van der Waals surface area (Å²) < 4.78 is 25.8. The second-order valence-electron chi connectivity index (χ2n) is 5.84. The van der Waals surface area contributed by atoms with Crippen LogP contribution in [0.2, 0.25) is 0 Å². The number of nitrogens with zero attached hydrogens (tertiary/aromatic N) is 1. The molecule has 1 aliphatic rings. The summed E-state index contributed by atoms with van der Waals surface area (Å²) in [6.07, 6.45) is 1.07. The fraction of sp³-hybridized carbons (Fsp3) is 0.316. The summed E-state index contributed by atoms with van der Waals surface area (Å²) >= 11 is 3.21. The summed E-state index contributed by atoms with van der Waals surface area (Å²) in [7, 11) is 0. The van der Waals surface area contributed by atoms with Gasteiger partial charge in [0.2, 0.25) is 0 Å². The van der Waals surface area contributed by atoms with Gasteiger partial charge < -0.3 is 9.47 Å². The van der Waals surface area contributed by atoms with Gasteiger partial charge in [-0.25, -0.2) is 4.39 Å². The molecule has 2 aromatic carbocycles. The SMILES string of the molecule is N#CC1(c2cc(F)c(Br)cc2OCc2ccccc2)CCOCC1. The molecule has 0 saturated carbocycles. The number of ether oxygens (including phenoxy) is 2. The first-order chi connectivity index (χ1) is 11.6. The zero-order valence-corrected chi connectivity index (χ0v) is 14.7. The summed E-state index contributed by atoms with van der Waals surface area (Å²) in [5.74, 6) is 0.147. The van der Waals surface area contributed by atoms with Crippen molar-refractivity contribution in [2.45, 2.75) is 24.9 Å². The zero-order chi connectivity index (χ0) is 17.0. The van der Waals surface area contributed by atoms with Gasteiger partial charge in [-0.05, 0) is 46.5 Å². The van der Waals surface area contributed by atoms with Gasteiger partial charge in [0.05, 0.1) is 16.0 Å². The Labute approximate surface area is 149 Å². The molecule has 5 heteroatoms. The molecular formula is C19H17BrFNO2. The van der Waals surface area contributed by atoms with E-state index in [0.29, 0.717) is 48.4 Å². The van der Waals surface area contributed by atoms with Crippen LogP contribution in [0, 0.1) is 17.1 Å². The molecule has 24 heavy (non-hydrogen) atoms. The maximum Gasteiger partial charge on any atom is 0.137 e. The Hall–Kier alpha value is -1.90. The maximum absolute atomic E-state index is 14.1. The Morgan fingerprint density at radius 3 is 2.58 bits per heavy atom. The summed E-state index contributed by atoms with van der Waals surface area (Å²) in [6.45, 7) is 1.34. The van der Waals surface area contributed by atoms with E-state index < -0.39 is 11.2 Å². The fourth-order valence-electron chi connectivity index (χ4n) is 2.92. The number of hydrogen-bond acceptors (Lipinski definition) is 3. The molecule has 0 unspecified atom stereocenters. The quantitative estimate of drug-likeness (QED) is 0.758. The smallest absolute Gasteiger partial charge is 0.137 e. The fourth-order valence-corrected chi connectivity index (χ4v) is 3.24. The Morgan fingerprint density at radius 1 is 1.21 bits per heavy atom. The van der Waals surface area contributed by atoms with Crippen molar-refractivity contribution >= 4 is 15.9 Å². The minimum Gasteiger partial charge on any atom is -0.489 e. The van der Waals surface area contributed by atoms with Crippen molar-refractivity contribution in [3.8, 4) is 11.8 Å². The molecule has 0 spiro atoms. The highest BCUT2D eigenvalue weighted by Crippen LogP contribution is 2.41. The van der Waals surface area contributed by atoms with Crippen LogP contribution in [0.5, 0.6) is 5.75 Å². The van der Waals surface area contributed by atoms with Gasteiger partial charge in [0.25, 0.3) is 0 Å². The molecule has 0 aliphatic carbocycles. The van der Waals surface area contributed by atoms with E-state index in [2.05, 4.69) is 22.0 Å². The lowest BCUT2D eigenvalue weighted by Crippen LogP contribution is -2.33. The van der Waals surface area contributed by atoms with Crippen LogP contribution in [0.15, 0.2) is 46.9 Å². The van der Waals surface area contributed by atoms with E-state index in [1.165, 1.54) is 6.07 Å². The standard InChI is InChI=1S/C19H17BrFNO2/c20-16-11-18(24-12-14-4-2-1-3-5-14)15(10-17(16)21)19(13-22)6-8-23-9-7-19/h1-5,10-11H,6-9,12H2. The molecule has 1 saturated heterocycles. The summed E-state index contributed by atoms with van der Waals surface area (Å²) in [6, 6.07) is 15.2. The van der Waals surface area contributed by atoms with E-state index in [-0.39, 0.29) is 0 Å². The van der Waals surface area contributed by atoms with Gasteiger partial charge in [0, 0.05) is 18.8 Å². The van der Waals surface area contributed by atoms with Gasteiger partial charge in [-0.3, -0.25) is 0 Å². The van der Waals surface area contributed by atoms with Crippen molar-refractivity contribution in [3.05, 3.63) is 63.9 Å². The van der Waals surface area contributed by atoms with Crippen LogP contribution in [0.25, 0.3) is 0 Å². The minimum absolute atomic E-state index is 0.328. The average molecular weight is 390 g/mol. The van der Waals surface area contributed by atoms with E-state index >= 15 is 0 Å². The first-order valence-corrected chi connectivity index (χ1v) is 8.59. The van der Waals surface area contributed by atoms with Crippen LogP contribution in [0.3, 0.4) is 0 Å². The van der Waals surface area contributed by atoms with Gasteiger partial charge in [-0.15, -0.1) is 0 Å². The van der Waals surface area contributed by atoms with Gasteiger partial charge in [0.15, 0.2) is 0 Å². The lowest BCUT2D eigenvalue weighted by molar-refractivity contribution is 0.0664. The Kier molecular flexibility index (Phi) is 5.17. The molecule has 3 rings (SSSR count). The first-order valence-electron chi connectivity index (χ1n) is 7.80. The predicted octanol–water partition coefficient (Wildman–Crippen LogP) is 4.74. The molecule has 1 fully saturated rings. The van der Waals surface area contributed by atoms with Crippen LogP contribution in [0.1, 0.15) is 24.0 Å². The average Bonchev–Trinajstić information content (AvgIpc) is 2.63. The lowest BCUT2D eigenvalue weighted by Gasteiger charge is -2.32. The third kappa shape index (κ3) is 3.45. The second kappa shape index (κ2) is 7.33. The van der Waals surface area contributed by atoms with Crippen LogP contribution in [0.4, 0.5) is 4.39 Å². The number of rotatable bonds is 4. The third-order valence-electron chi connectivity index (χ3n) is 4.34. The van der Waals surface area contributed by atoms with Gasteiger partial charge in [-0.2, -0.15) is 5.26 Å². The van der Waals surface area contributed by atoms with Gasteiger partial charge in [0.1, 0.15) is 18.2 Å². The second-order valence-corrected chi connectivity index (χ2v) is 6.70. The van der Waals surface area contributed by atoms with Crippen LogP contribution >= 0.6 is 15.9 Å². The first kappa shape index (κ1) is 16.9. The minimum atomic E-state index is -0.772. The Balaban J connectivity index is 1.95. The zero-order valence-electron chi connectivity index (χ0n) is 13.1. The number of benzene rings is 2. The molecule has 0 aromatic heterocycles. The molecule has 3 nitrogen and oxygen atoms in total. The normalized spacial score (nSPS) is 16.4. The van der Waals surface area contributed by atoms with Crippen molar-refractivity contribution in [1.29, 1.82) is 5.26 Å². The monoisotopic (exact) mass is 389 g/mol. The molecule has 2 aromatic rings. The van der Waals surface area contributed by atoms with Crippen molar-refractivity contribution in [2.75, 3.05) is 13.2 Å². The number of nitriles is 1. The maximum atomic E-state index is 14.1.